The van der Waals surface area contributed by atoms with Gasteiger partial charge in [-0.15, -0.1) is 0 Å². The fourth-order valence-electron chi connectivity index (χ4n) is 3.22. The summed E-state index contributed by atoms with van der Waals surface area (Å²) in [5.41, 5.74) is 7.65. The van der Waals surface area contributed by atoms with Gasteiger partial charge < -0.3 is 5.73 Å². The van der Waals surface area contributed by atoms with Crippen molar-refractivity contribution in [2.24, 2.45) is 5.73 Å². The number of alkyl halides is 3. The number of rotatable bonds is 5. The minimum Gasteiger partial charge on any atom is -0.384 e. The second-order valence-corrected chi connectivity index (χ2v) is 7.37. The van der Waals surface area contributed by atoms with Crippen molar-refractivity contribution < 1.29 is 18.0 Å². The van der Waals surface area contributed by atoms with Gasteiger partial charge in [-0.25, -0.2) is 14.6 Å². The lowest BCUT2D eigenvalue weighted by molar-refractivity contribution is -0.137. The lowest BCUT2D eigenvalue weighted by Crippen LogP contribution is -2.19. The Bertz CT molecular complexity index is 1360. The number of anilines is 1. The predicted octanol–water partition coefficient (Wildman–Crippen LogP) is 4.19. The number of nitrogen functional groups attached to an aromatic ring is 1. The van der Waals surface area contributed by atoms with Gasteiger partial charge in [-0.05, 0) is 42.8 Å². The molecule has 2 aromatic heterocycles. The Hall–Kier alpha value is -4.54. The van der Waals surface area contributed by atoms with Gasteiger partial charge in [-0.1, -0.05) is 24.3 Å². The monoisotopic (exact) mass is 465 g/mol. The maximum Gasteiger partial charge on any atom is 0.416 e. The molecule has 4 rings (SSSR count). The van der Waals surface area contributed by atoms with Crippen LogP contribution in [0, 0.1) is 12.3 Å². The molecule has 11 heteroatoms. The molecule has 0 radical (unpaired) electrons. The van der Waals surface area contributed by atoms with Gasteiger partial charge in [0.25, 0.3) is 5.91 Å². The first-order chi connectivity index (χ1) is 16.1. The van der Waals surface area contributed by atoms with E-state index in [1.807, 2.05) is 0 Å². The lowest BCUT2D eigenvalue weighted by Gasteiger charge is -2.10. The predicted molar refractivity (Wildman–Crippen MR) is 120 cm³/mol. The summed E-state index contributed by atoms with van der Waals surface area (Å²) >= 11 is 0. The number of benzene rings is 2. The van der Waals surface area contributed by atoms with E-state index in [2.05, 4.69) is 20.4 Å². The summed E-state index contributed by atoms with van der Waals surface area (Å²) in [6.45, 7) is 1.73. The van der Waals surface area contributed by atoms with Crippen LogP contribution in [0.2, 0.25) is 0 Å². The summed E-state index contributed by atoms with van der Waals surface area (Å²) in [4.78, 5) is 21.1. The van der Waals surface area contributed by atoms with Crippen molar-refractivity contribution in [2.75, 3.05) is 5.32 Å². The molecule has 0 aliphatic heterocycles. The van der Waals surface area contributed by atoms with E-state index in [0.29, 0.717) is 28.1 Å². The molecule has 0 atom stereocenters. The summed E-state index contributed by atoms with van der Waals surface area (Å²) in [6.07, 6.45) is -1.60. The molecule has 2 aromatic carbocycles. The average molecular weight is 465 g/mol. The maximum absolute atomic E-state index is 12.9. The number of hydrogen-bond donors (Lipinski definition) is 3. The SMILES string of the molecule is Cc1cc(C(=O)Nc2ncc(-c3ccc(C(F)(F)F)cc3)cn2)n(-c2cccc(C(=N)N)c2)n1. The maximum atomic E-state index is 12.9. The van der Waals surface area contributed by atoms with Crippen LogP contribution in [0.15, 0.2) is 67.0 Å². The molecular weight excluding hydrogens is 447 g/mol. The van der Waals surface area contributed by atoms with Crippen LogP contribution < -0.4 is 11.1 Å². The first-order valence-electron chi connectivity index (χ1n) is 9.94. The summed E-state index contributed by atoms with van der Waals surface area (Å²) < 4.78 is 39.7. The van der Waals surface area contributed by atoms with Gasteiger partial charge in [0.05, 0.1) is 16.9 Å². The number of hydrogen-bond acceptors (Lipinski definition) is 5. The fraction of sp³-hybridized carbons (Fsp3) is 0.0870. The van der Waals surface area contributed by atoms with E-state index in [-0.39, 0.29) is 17.5 Å². The second kappa shape index (κ2) is 8.77. The summed E-state index contributed by atoms with van der Waals surface area (Å²) in [7, 11) is 0. The normalized spacial score (nSPS) is 11.3. The fourth-order valence-corrected chi connectivity index (χ4v) is 3.22. The van der Waals surface area contributed by atoms with Gasteiger partial charge in [0, 0.05) is 23.5 Å². The first kappa shape index (κ1) is 22.6. The van der Waals surface area contributed by atoms with Crippen LogP contribution in [0.3, 0.4) is 0 Å². The highest BCUT2D eigenvalue weighted by Crippen LogP contribution is 2.30. The Morgan fingerprint density at radius 2 is 1.71 bits per heavy atom. The molecule has 34 heavy (non-hydrogen) atoms. The Morgan fingerprint density at radius 3 is 2.32 bits per heavy atom. The van der Waals surface area contributed by atoms with E-state index < -0.39 is 17.6 Å². The van der Waals surface area contributed by atoms with Crippen LogP contribution in [-0.4, -0.2) is 31.5 Å². The topological polar surface area (TPSA) is 123 Å². The molecule has 1 amide bonds. The molecule has 2 heterocycles. The van der Waals surface area contributed by atoms with Crippen molar-refractivity contribution in [1.29, 1.82) is 5.41 Å². The van der Waals surface area contributed by atoms with E-state index >= 15 is 0 Å². The van der Waals surface area contributed by atoms with Crippen LogP contribution in [0.1, 0.15) is 27.3 Å². The molecule has 0 aliphatic carbocycles. The van der Waals surface area contributed by atoms with Crippen molar-refractivity contribution in [3.63, 3.8) is 0 Å². The van der Waals surface area contributed by atoms with Gasteiger partial charge in [-0.3, -0.25) is 15.5 Å². The third-order valence-corrected chi connectivity index (χ3v) is 4.89. The molecule has 0 unspecified atom stereocenters. The number of nitrogens with two attached hydrogens (primary N) is 1. The smallest absolute Gasteiger partial charge is 0.384 e. The Labute approximate surface area is 191 Å². The molecule has 0 aliphatic rings. The molecule has 0 fully saturated rings. The molecule has 0 saturated carbocycles. The largest absolute Gasteiger partial charge is 0.416 e. The van der Waals surface area contributed by atoms with E-state index in [1.165, 1.54) is 29.2 Å². The van der Waals surface area contributed by atoms with Crippen molar-refractivity contribution in [3.05, 3.63) is 89.5 Å². The Balaban J connectivity index is 1.54. The van der Waals surface area contributed by atoms with Gasteiger partial charge in [0.15, 0.2) is 0 Å². The highest BCUT2D eigenvalue weighted by atomic mass is 19.4. The standard InChI is InChI=1S/C23H18F3N7O/c1-13-9-19(33(32-13)18-4-2-3-15(10-18)20(27)28)21(34)31-22-29-11-16(12-30-22)14-5-7-17(8-6-14)23(24,25)26/h2-12H,1H3,(H3,27,28)(H,29,30,31,34). The number of amidine groups is 1. The third-order valence-electron chi connectivity index (χ3n) is 4.89. The molecule has 0 bridgehead atoms. The first-order valence-corrected chi connectivity index (χ1v) is 9.94. The highest BCUT2D eigenvalue weighted by molar-refractivity contribution is 6.02. The van der Waals surface area contributed by atoms with Crippen molar-refractivity contribution in [2.45, 2.75) is 13.1 Å². The summed E-state index contributed by atoms with van der Waals surface area (Å²) in [5, 5.41) is 14.5. The second-order valence-electron chi connectivity index (χ2n) is 7.37. The van der Waals surface area contributed by atoms with Gasteiger partial charge in [0.1, 0.15) is 11.5 Å². The number of halogens is 3. The van der Waals surface area contributed by atoms with Crippen LogP contribution >= 0.6 is 0 Å². The lowest BCUT2D eigenvalue weighted by atomic mass is 10.1. The van der Waals surface area contributed by atoms with Gasteiger partial charge >= 0.3 is 6.18 Å². The Kier molecular flexibility index (Phi) is 5.84. The van der Waals surface area contributed by atoms with Crippen LogP contribution in [0.4, 0.5) is 19.1 Å². The molecule has 4 N–H and O–H groups in total. The van der Waals surface area contributed by atoms with E-state index in [4.69, 9.17) is 11.1 Å². The molecule has 4 aromatic rings. The molecule has 0 spiro atoms. The number of carbonyl (C=O) groups is 1. The number of aromatic nitrogens is 4. The zero-order chi connectivity index (χ0) is 24.5. The number of carbonyl (C=O) groups excluding carboxylic acids is 1. The van der Waals surface area contributed by atoms with E-state index in [1.54, 1.807) is 37.3 Å². The number of nitrogens with one attached hydrogen (secondary N) is 2. The quantitative estimate of drug-likeness (QED) is 0.301. The summed E-state index contributed by atoms with van der Waals surface area (Å²) in [5.74, 6) is -0.613. The molecule has 0 saturated heterocycles. The number of aryl methyl sites for hydroxylation is 1. The van der Waals surface area contributed by atoms with E-state index in [9.17, 15) is 18.0 Å². The van der Waals surface area contributed by atoms with Gasteiger partial charge in [-0.2, -0.15) is 18.3 Å². The average Bonchev–Trinajstić information content (AvgIpc) is 3.21. The molecule has 8 nitrogen and oxygen atoms in total. The minimum atomic E-state index is -4.42. The Morgan fingerprint density at radius 1 is 1.03 bits per heavy atom. The molecular formula is C23H18F3N7O. The van der Waals surface area contributed by atoms with Crippen LogP contribution in [0.25, 0.3) is 16.8 Å². The number of nitrogens with zero attached hydrogens (tertiary/aromatic N) is 4. The van der Waals surface area contributed by atoms with Crippen LogP contribution in [0.5, 0.6) is 0 Å². The van der Waals surface area contributed by atoms with Gasteiger partial charge in [0.2, 0.25) is 5.95 Å². The van der Waals surface area contributed by atoms with E-state index in [0.717, 1.165) is 12.1 Å². The van der Waals surface area contributed by atoms with Crippen LogP contribution in [-0.2, 0) is 6.18 Å². The number of amides is 1. The zero-order valence-corrected chi connectivity index (χ0v) is 17.8. The highest BCUT2D eigenvalue weighted by Gasteiger charge is 2.30. The van der Waals surface area contributed by atoms with Crippen molar-refractivity contribution in [3.8, 4) is 16.8 Å². The van der Waals surface area contributed by atoms with Crippen molar-refractivity contribution in [1.82, 2.24) is 19.7 Å². The molecule has 172 valence electrons. The zero-order valence-electron chi connectivity index (χ0n) is 17.8. The third kappa shape index (κ3) is 4.77. The summed E-state index contributed by atoms with van der Waals surface area (Å²) in [6, 6.07) is 13.0. The minimum absolute atomic E-state index is 0.0172. The van der Waals surface area contributed by atoms with Crippen molar-refractivity contribution >= 4 is 17.7 Å².